The smallest absolute Gasteiger partial charge is 0.0817 e. The molecule has 4 nitrogen and oxygen atoms in total. The summed E-state index contributed by atoms with van der Waals surface area (Å²) in [5.74, 6) is 0. The van der Waals surface area contributed by atoms with Gasteiger partial charge in [-0.1, -0.05) is 0 Å². The van der Waals surface area contributed by atoms with Crippen LogP contribution in [-0.4, -0.2) is 74.3 Å². The molecule has 0 unspecified atom stereocenters. The van der Waals surface area contributed by atoms with E-state index in [9.17, 15) is 0 Å². The predicted octanol–water partition coefficient (Wildman–Crippen LogP) is 0.260. The number of nitrogens with zero attached hydrogens (tertiary/aromatic N) is 3. The summed E-state index contributed by atoms with van der Waals surface area (Å²) in [5, 5.41) is 2.16. The van der Waals surface area contributed by atoms with Crippen molar-refractivity contribution in [1.29, 1.82) is 0 Å². The fourth-order valence-electron chi connectivity index (χ4n) is 2.19. The van der Waals surface area contributed by atoms with Gasteiger partial charge in [-0.05, 0) is 26.9 Å². The first kappa shape index (κ1) is 11.3. The Morgan fingerprint density at radius 3 is 1.93 bits per heavy atom. The molecule has 2 saturated heterocycles. The summed E-state index contributed by atoms with van der Waals surface area (Å²) in [6.45, 7) is 6.74. The molecule has 0 amide bonds. The van der Waals surface area contributed by atoms with Gasteiger partial charge in [0.15, 0.2) is 0 Å². The number of piperazine rings is 1. The molecule has 2 aliphatic heterocycles. The summed E-state index contributed by atoms with van der Waals surface area (Å²) < 4.78 is 0. The molecule has 0 spiro atoms. The summed E-state index contributed by atoms with van der Waals surface area (Å²) in [5.41, 5.74) is 0. The number of likely N-dealkylation sites (tertiary alicyclic amines) is 1. The first-order valence-corrected chi connectivity index (χ1v) is 6.03. The Morgan fingerprint density at radius 1 is 0.800 bits per heavy atom. The first-order chi connectivity index (χ1) is 7.24. The highest BCUT2D eigenvalue weighted by Gasteiger charge is 2.22. The van der Waals surface area contributed by atoms with Crippen LogP contribution in [0, 0.1) is 0 Å². The molecule has 0 saturated carbocycles. The largest absolute Gasteiger partial charge is 0.306 e. The van der Waals surface area contributed by atoms with E-state index in [0.717, 1.165) is 26.2 Å². The zero-order valence-corrected chi connectivity index (χ0v) is 9.98. The Kier molecular flexibility index (Phi) is 3.97. The minimum atomic E-state index is 0.463. The molecular weight excluding hydrogens is 190 g/mol. The van der Waals surface area contributed by atoms with E-state index in [-0.39, 0.29) is 0 Å². The Hall–Kier alpha value is -0.160. The van der Waals surface area contributed by atoms with Crippen LogP contribution in [-0.2, 0) is 4.84 Å². The van der Waals surface area contributed by atoms with Gasteiger partial charge in [0.25, 0.3) is 0 Å². The van der Waals surface area contributed by atoms with Gasteiger partial charge < -0.3 is 9.80 Å². The van der Waals surface area contributed by atoms with Gasteiger partial charge >= 0.3 is 0 Å². The minimum Gasteiger partial charge on any atom is -0.306 e. The molecule has 0 aromatic carbocycles. The fraction of sp³-hybridized carbons (Fsp3) is 1.00. The van der Waals surface area contributed by atoms with Gasteiger partial charge in [-0.15, -0.1) is 0 Å². The van der Waals surface area contributed by atoms with E-state index in [4.69, 9.17) is 4.84 Å². The SMILES string of the molecule is CN1CCC(ON2CCN(C)CC2)CC1. The van der Waals surface area contributed by atoms with E-state index < -0.39 is 0 Å². The second-order valence-electron chi connectivity index (χ2n) is 4.84. The van der Waals surface area contributed by atoms with E-state index in [1.807, 2.05) is 0 Å². The molecule has 0 aromatic heterocycles. The number of likely N-dealkylation sites (N-methyl/N-ethyl adjacent to an activating group) is 1. The molecule has 2 fully saturated rings. The Morgan fingerprint density at radius 2 is 1.33 bits per heavy atom. The molecule has 0 aromatic rings. The normalized spacial score (nSPS) is 28.4. The molecule has 0 atom stereocenters. The van der Waals surface area contributed by atoms with E-state index >= 15 is 0 Å². The van der Waals surface area contributed by atoms with E-state index in [2.05, 4.69) is 29.0 Å². The van der Waals surface area contributed by atoms with Gasteiger partial charge in [0.05, 0.1) is 6.10 Å². The van der Waals surface area contributed by atoms with Crippen LogP contribution in [0.5, 0.6) is 0 Å². The quantitative estimate of drug-likeness (QED) is 0.655. The Balaban J connectivity index is 1.68. The van der Waals surface area contributed by atoms with Gasteiger partial charge in [0.2, 0.25) is 0 Å². The van der Waals surface area contributed by atoms with Gasteiger partial charge in [-0.25, -0.2) is 0 Å². The number of hydrogen-bond acceptors (Lipinski definition) is 4. The monoisotopic (exact) mass is 213 g/mol. The van der Waals surface area contributed by atoms with Crippen molar-refractivity contribution in [2.24, 2.45) is 0 Å². The van der Waals surface area contributed by atoms with Crippen molar-refractivity contribution >= 4 is 0 Å². The summed E-state index contributed by atoms with van der Waals surface area (Å²) in [4.78, 5) is 10.7. The lowest BCUT2D eigenvalue weighted by atomic mass is 10.1. The van der Waals surface area contributed by atoms with Crippen LogP contribution >= 0.6 is 0 Å². The predicted molar refractivity (Wildman–Crippen MR) is 60.7 cm³/mol. The molecule has 0 bridgehead atoms. The van der Waals surface area contributed by atoms with Crippen LogP contribution in [0.4, 0.5) is 0 Å². The third-order valence-corrected chi connectivity index (χ3v) is 3.43. The topological polar surface area (TPSA) is 19.0 Å². The maximum absolute atomic E-state index is 6.01. The summed E-state index contributed by atoms with van der Waals surface area (Å²) in [6, 6.07) is 0. The van der Waals surface area contributed by atoms with Crippen molar-refractivity contribution in [3.63, 3.8) is 0 Å². The van der Waals surface area contributed by atoms with Gasteiger partial charge in [0.1, 0.15) is 0 Å². The lowest BCUT2D eigenvalue weighted by Gasteiger charge is -2.36. The van der Waals surface area contributed by atoms with Crippen LogP contribution in [0.2, 0.25) is 0 Å². The highest BCUT2D eigenvalue weighted by Crippen LogP contribution is 2.14. The highest BCUT2D eigenvalue weighted by molar-refractivity contribution is 4.71. The van der Waals surface area contributed by atoms with Crippen LogP contribution in [0.15, 0.2) is 0 Å². The fourth-order valence-corrected chi connectivity index (χ4v) is 2.19. The Labute approximate surface area is 92.7 Å². The average molecular weight is 213 g/mol. The number of hydroxylamine groups is 2. The molecule has 15 heavy (non-hydrogen) atoms. The maximum Gasteiger partial charge on any atom is 0.0817 e. The summed E-state index contributed by atoms with van der Waals surface area (Å²) >= 11 is 0. The second-order valence-corrected chi connectivity index (χ2v) is 4.84. The van der Waals surface area contributed by atoms with E-state index in [0.29, 0.717) is 6.10 Å². The van der Waals surface area contributed by atoms with Crippen molar-refractivity contribution in [2.75, 3.05) is 53.4 Å². The Bertz CT molecular complexity index is 164. The lowest BCUT2D eigenvalue weighted by Crippen LogP contribution is -2.47. The van der Waals surface area contributed by atoms with Gasteiger partial charge in [-0.2, -0.15) is 5.06 Å². The average Bonchev–Trinajstić information content (AvgIpc) is 2.25. The van der Waals surface area contributed by atoms with Gasteiger partial charge in [0, 0.05) is 39.3 Å². The third kappa shape index (κ3) is 3.41. The highest BCUT2D eigenvalue weighted by atomic mass is 16.7. The zero-order chi connectivity index (χ0) is 10.7. The molecule has 0 N–H and O–H groups in total. The summed E-state index contributed by atoms with van der Waals surface area (Å²) in [6.07, 6.45) is 2.83. The first-order valence-electron chi connectivity index (χ1n) is 6.03. The molecule has 2 aliphatic rings. The van der Waals surface area contributed by atoms with Crippen LogP contribution in [0.25, 0.3) is 0 Å². The number of piperidine rings is 1. The van der Waals surface area contributed by atoms with Crippen LogP contribution < -0.4 is 0 Å². The minimum absolute atomic E-state index is 0.463. The van der Waals surface area contributed by atoms with Crippen molar-refractivity contribution in [3.05, 3.63) is 0 Å². The standard InChI is InChI=1S/C11H23N3O/c1-12-5-3-11(4-6-12)15-14-9-7-13(2)8-10-14/h11H,3-10H2,1-2H3. The van der Waals surface area contributed by atoms with Crippen LogP contribution in [0.1, 0.15) is 12.8 Å². The van der Waals surface area contributed by atoms with Crippen molar-refractivity contribution < 1.29 is 4.84 Å². The molecular formula is C11H23N3O. The van der Waals surface area contributed by atoms with Crippen molar-refractivity contribution in [3.8, 4) is 0 Å². The number of hydrogen-bond donors (Lipinski definition) is 0. The molecule has 0 radical (unpaired) electrons. The maximum atomic E-state index is 6.01. The number of rotatable bonds is 2. The van der Waals surface area contributed by atoms with Crippen LogP contribution in [0.3, 0.4) is 0 Å². The molecule has 4 heteroatoms. The molecule has 0 aliphatic carbocycles. The van der Waals surface area contributed by atoms with Gasteiger partial charge in [-0.3, -0.25) is 4.84 Å². The second kappa shape index (κ2) is 5.25. The molecule has 88 valence electrons. The van der Waals surface area contributed by atoms with Crippen molar-refractivity contribution in [2.45, 2.75) is 18.9 Å². The van der Waals surface area contributed by atoms with Crippen molar-refractivity contribution in [1.82, 2.24) is 14.9 Å². The zero-order valence-electron chi connectivity index (χ0n) is 9.98. The molecule has 2 heterocycles. The molecule has 2 rings (SSSR count). The van der Waals surface area contributed by atoms with E-state index in [1.54, 1.807) is 0 Å². The third-order valence-electron chi connectivity index (χ3n) is 3.43. The lowest BCUT2D eigenvalue weighted by molar-refractivity contribution is -0.218. The van der Waals surface area contributed by atoms with E-state index in [1.165, 1.54) is 25.9 Å². The summed E-state index contributed by atoms with van der Waals surface area (Å²) in [7, 11) is 4.36.